The van der Waals surface area contributed by atoms with Gasteiger partial charge < -0.3 is 4.57 Å². The molecular weight excluding hydrogens is 687 g/mol. The van der Waals surface area contributed by atoms with E-state index in [1.54, 1.807) is 0 Å². The second-order valence-corrected chi connectivity index (χ2v) is 15.1. The molecule has 0 saturated carbocycles. The van der Waals surface area contributed by atoms with Crippen molar-refractivity contribution >= 4 is 81.3 Å². The van der Waals surface area contributed by atoms with Gasteiger partial charge >= 0.3 is 0 Å². The summed E-state index contributed by atoms with van der Waals surface area (Å²) < 4.78 is 4.99. The minimum atomic E-state index is 0.855. The summed E-state index contributed by atoms with van der Waals surface area (Å²) in [5.41, 5.74) is 10.3. The molecule has 0 amide bonds. The van der Waals surface area contributed by atoms with E-state index >= 15 is 0 Å². The molecule has 3 aromatic heterocycles. The lowest BCUT2D eigenvalue weighted by Gasteiger charge is -2.25. The van der Waals surface area contributed by atoms with E-state index < -0.39 is 0 Å². The van der Waals surface area contributed by atoms with E-state index in [1.807, 2.05) is 17.5 Å². The maximum atomic E-state index is 5.13. The Morgan fingerprint density at radius 1 is 0.418 bits per heavy atom. The van der Waals surface area contributed by atoms with E-state index in [1.165, 1.54) is 69.4 Å². The third kappa shape index (κ3) is 5.30. The van der Waals surface area contributed by atoms with Crippen molar-refractivity contribution in [3.8, 4) is 27.9 Å². The van der Waals surface area contributed by atoms with Crippen LogP contribution in [-0.4, -0.2) is 9.55 Å². The number of aromatic nitrogens is 2. The number of para-hydroxylation sites is 2. The third-order valence-electron chi connectivity index (χ3n) is 10.9. The first-order chi connectivity index (χ1) is 27.3. The van der Waals surface area contributed by atoms with Crippen molar-refractivity contribution in [2.24, 2.45) is 0 Å². The number of benzene rings is 8. The van der Waals surface area contributed by atoms with Crippen LogP contribution in [0.5, 0.6) is 0 Å². The van der Waals surface area contributed by atoms with Gasteiger partial charge in [0.05, 0.1) is 11.0 Å². The molecule has 258 valence electrons. The Morgan fingerprint density at radius 3 is 1.73 bits per heavy atom. The lowest BCUT2D eigenvalue weighted by atomic mass is 9.99. The van der Waals surface area contributed by atoms with Crippen molar-refractivity contribution in [3.05, 3.63) is 200 Å². The Morgan fingerprint density at radius 2 is 1.00 bits per heavy atom. The van der Waals surface area contributed by atoms with Crippen LogP contribution in [0.1, 0.15) is 0 Å². The average Bonchev–Trinajstić information content (AvgIpc) is 3.80. The van der Waals surface area contributed by atoms with Gasteiger partial charge in [0.15, 0.2) is 0 Å². The minimum Gasteiger partial charge on any atom is -0.309 e. The Bertz CT molecular complexity index is 3130. The number of hydrogen-bond donors (Lipinski definition) is 0. The predicted molar refractivity (Wildman–Crippen MR) is 235 cm³/mol. The molecule has 0 saturated heterocycles. The minimum absolute atomic E-state index is 0.855. The highest BCUT2D eigenvalue weighted by Crippen LogP contribution is 2.40. The standard InChI is InChI=1S/C51H33N3S/c1-2-12-41-35(10-1)11-9-16-42(41)37-23-31-51(52-33-37)53(38-24-20-34(21-25-38)36-22-30-46-45-15-5-8-19-49(45)55-50(46)32-36)39-26-28-40(29-27-39)54-47-17-6-3-13-43(47)44-14-4-7-18-48(44)54/h1-33H. The molecule has 4 heteroatoms. The van der Waals surface area contributed by atoms with Crippen molar-refractivity contribution < 1.29 is 0 Å². The van der Waals surface area contributed by atoms with Crippen LogP contribution in [0.25, 0.3) is 80.7 Å². The van der Waals surface area contributed by atoms with Crippen LogP contribution in [0.4, 0.5) is 17.2 Å². The molecule has 0 aliphatic carbocycles. The topological polar surface area (TPSA) is 21.1 Å². The van der Waals surface area contributed by atoms with Crippen LogP contribution in [0, 0.1) is 0 Å². The number of anilines is 3. The fraction of sp³-hybridized carbons (Fsp3) is 0. The van der Waals surface area contributed by atoms with Gasteiger partial charge in [-0.15, -0.1) is 11.3 Å². The molecule has 0 fully saturated rings. The van der Waals surface area contributed by atoms with Crippen molar-refractivity contribution in [2.75, 3.05) is 4.90 Å². The first-order valence-electron chi connectivity index (χ1n) is 18.6. The van der Waals surface area contributed by atoms with Gasteiger partial charge in [-0.1, -0.05) is 121 Å². The molecule has 8 aromatic carbocycles. The normalized spacial score (nSPS) is 11.6. The second kappa shape index (κ2) is 12.8. The highest BCUT2D eigenvalue weighted by molar-refractivity contribution is 7.25. The van der Waals surface area contributed by atoms with E-state index in [0.29, 0.717) is 0 Å². The highest BCUT2D eigenvalue weighted by atomic mass is 32.1. The zero-order valence-electron chi connectivity index (χ0n) is 29.8. The largest absolute Gasteiger partial charge is 0.309 e. The lowest BCUT2D eigenvalue weighted by molar-refractivity contribution is 1.16. The predicted octanol–water partition coefficient (Wildman–Crippen LogP) is 14.5. The maximum absolute atomic E-state index is 5.13. The first kappa shape index (κ1) is 31.5. The third-order valence-corrected chi connectivity index (χ3v) is 12.0. The Hall–Kier alpha value is -7.01. The molecule has 0 aliphatic rings. The second-order valence-electron chi connectivity index (χ2n) is 14.0. The Balaban J connectivity index is 1.00. The zero-order valence-corrected chi connectivity index (χ0v) is 30.6. The molecule has 0 radical (unpaired) electrons. The van der Waals surface area contributed by atoms with Crippen LogP contribution in [0.2, 0.25) is 0 Å². The van der Waals surface area contributed by atoms with Gasteiger partial charge in [0.25, 0.3) is 0 Å². The molecule has 0 atom stereocenters. The van der Waals surface area contributed by atoms with Crippen molar-refractivity contribution in [1.82, 2.24) is 9.55 Å². The van der Waals surface area contributed by atoms with Crippen molar-refractivity contribution in [2.45, 2.75) is 0 Å². The lowest BCUT2D eigenvalue weighted by Crippen LogP contribution is -2.11. The summed E-state index contributed by atoms with van der Waals surface area (Å²) >= 11 is 1.86. The van der Waals surface area contributed by atoms with Crippen LogP contribution in [0.15, 0.2) is 200 Å². The van der Waals surface area contributed by atoms with Crippen LogP contribution < -0.4 is 4.90 Å². The van der Waals surface area contributed by atoms with Gasteiger partial charge in [0.2, 0.25) is 0 Å². The number of fused-ring (bicyclic) bond motifs is 7. The number of hydrogen-bond acceptors (Lipinski definition) is 3. The van der Waals surface area contributed by atoms with Crippen LogP contribution >= 0.6 is 11.3 Å². The van der Waals surface area contributed by atoms with Gasteiger partial charge in [-0.2, -0.15) is 0 Å². The monoisotopic (exact) mass is 719 g/mol. The van der Waals surface area contributed by atoms with Gasteiger partial charge in [0.1, 0.15) is 5.82 Å². The summed E-state index contributed by atoms with van der Waals surface area (Å²) in [5, 5.41) is 7.59. The molecule has 55 heavy (non-hydrogen) atoms. The van der Waals surface area contributed by atoms with E-state index in [0.717, 1.165) is 28.4 Å². The molecular formula is C51H33N3S. The SMILES string of the molecule is c1ccc2c(-c3ccc(N(c4ccc(-c5ccc6c(c5)sc5ccccc56)cc4)c4ccc(-n5c6ccccc6c6ccccc65)cc4)nc3)cccc2c1. The number of rotatable bonds is 6. The maximum Gasteiger partial charge on any atom is 0.137 e. The molecule has 11 rings (SSSR count). The number of nitrogens with zero attached hydrogens (tertiary/aromatic N) is 3. The van der Waals surface area contributed by atoms with Crippen LogP contribution in [-0.2, 0) is 0 Å². The van der Waals surface area contributed by atoms with E-state index in [9.17, 15) is 0 Å². The molecule has 0 spiro atoms. The van der Waals surface area contributed by atoms with Gasteiger partial charge in [-0.3, -0.25) is 4.90 Å². The molecule has 3 nitrogen and oxygen atoms in total. The number of pyridine rings is 1. The molecule has 3 heterocycles. The Labute approximate surface area is 322 Å². The summed E-state index contributed by atoms with van der Waals surface area (Å²) in [6.45, 7) is 0. The van der Waals surface area contributed by atoms with E-state index in [2.05, 4.69) is 204 Å². The molecule has 0 bridgehead atoms. The smallest absolute Gasteiger partial charge is 0.137 e. The highest BCUT2D eigenvalue weighted by Gasteiger charge is 2.17. The summed E-state index contributed by atoms with van der Waals surface area (Å²) in [6.07, 6.45) is 2.01. The average molecular weight is 720 g/mol. The van der Waals surface area contributed by atoms with Gasteiger partial charge in [-0.25, -0.2) is 4.98 Å². The molecule has 11 aromatic rings. The zero-order chi connectivity index (χ0) is 36.3. The fourth-order valence-corrected chi connectivity index (χ4v) is 9.37. The fourth-order valence-electron chi connectivity index (χ4n) is 8.23. The van der Waals surface area contributed by atoms with Crippen LogP contribution in [0.3, 0.4) is 0 Å². The molecule has 0 aliphatic heterocycles. The van der Waals surface area contributed by atoms with Gasteiger partial charge in [0, 0.05) is 59.8 Å². The van der Waals surface area contributed by atoms with E-state index in [4.69, 9.17) is 4.98 Å². The summed E-state index contributed by atoms with van der Waals surface area (Å²) in [5.74, 6) is 0.855. The van der Waals surface area contributed by atoms with Gasteiger partial charge in [-0.05, 0) is 100 Å². The number of thiophene rings is 1. The quantitative estimate of drug-likeness (QED) is 0.171. The Kier molecular flexibility index (Phi) is 7.35. The summed E-state index contributed by atoms with van der Waals surface area (Å²) in [7, 11) is 0. The molecule has 0 unspecified atom stereocenters. The summed E-state index contributed by atoms with van der Waals surface area (Å²) in [4.78, 5) is 7.38. The van der Waals surface area contributed by atoms with Crippen molar-refractivity contribution in [1.29, 1.82) is 0 Å². The van der Waals surface area contributed by atoms with E-state index in [-0.39, 0.29) is 0 Å². The summed E-state index contributed by atoms with van der Waals surface area (Å²) in [6, 6.07) is 69.9. The van der Waals surface area contributed by atoms with Crippen molar-refractivity contribution in [3.63, 3.8) is 0 Å². The first-order valence-corrected chi connectivity index (χ1v) is 19.4. The molecule has 0 N–H and O–H groups in total.